The van der Waals surface area contributed by atoms with E-state index in [4.69, 9.17) is 9.47 Å². The maximum Gasteiger partial charge on any atom is 0.166 e. The van der Waals surface area contributed by atoms with E-state index in [0.29, 0.717) is 6.42 Å². The first-order valence-electron chi connectivity index (χ1n) is 7.52. The number of nitrogens with zero attached hydrogens (tertiary/aromatic N) is 1. The zero-order valence-electron chi connectivity index (χ0n) is 13.1. The van der Waals surface area contributed by atoms with Gasteiger partial charge in [0.2, 0.25) is 0 Å². The summed E-state index contributed by atoms with van der Waals surface area (Å²) in [7, 11) is 3.79. The highest BCUT2D eigenvalue weighted by atomic mass is 79.9. The average Bonchev–Trinajstić information content (AvgIpc) is 2.74. The second-order valence-corrected chi connectivity index (χ2v) is 7.24. The number of methoxy groups -OCH3 is 1. The smallest absolute Gasteiger partial charge is 0.166 e. The standard InChI is InChI=1S/C17H18BrNO3.ClH/c1-19-6-5-17-4-3-10(20)7-14(17)22-16-13(21-2)8-12(18)11(9-19)15(16)17;/h3-4,8,14H,5-7,9H2,1-2H3;1H/t14-,17-;/m1./s1. The van der Waals surface area contributed by atoms with Crippen molar-refractivity contribution >= 4 is 34.1 Å². The van der Waals surface area contributed by atoms with E-state index < -0.39 is 0 Å². The molecule has 0 saturated heterocycles. The summed E-state index contributed by atoms with van der Waals surface area (Å²) in [4.78, 5) is 14.2. The summed E-state index contributed by atoms with van der Waals surface area (Å²) in [5, 5.41) is 0. The van der Waals surface area contributed by atoms with Crippen molar-refractivity contribution in [3.63, 3.8) is 0 Å². The van der Waals surface area contributed by atoms with Crippen molar-refractivity contribution in [2.75, 3.05) is 20.7 Å². The van der Waals surface area contributed by atoms with Gasteiger partial charge in [-0.1, -0.05) is 22.0 Å². The molecule has 4 rings (SSSR count). The lowest BCUT2D eigenvalue weighted by Crippen LogP contribution is -2.41. The first-order chi connectivity index (χ1) is 10.5. The molecular weight excluding hydrogens is 382 g/mol. The summed E-state index contributed by atoms with van der Waals surface area (Å²) >= 11 is 3.70. The SMILES string of the molecule is COc1cc(Br)c2c3c1O[C@@H]1CC(=O)C=C[C@]31CCN(C)C2.Cl. The molecule has 0 unspecified atom stereocenters. The molecule has 0 saturated carbocycles. The van der Waals surface area contributed by atoms with E-state index >= 15 is 0 Å². The van der Waals surface area contributed by atoms with Gasteiger partial charge in [0, 0.05) is 23.0 Å². The maximum absolute atomic E-state index is 11.9. The average molecular weight is 401 g/mol. The van der Waals surface area contributed by atoms with Crippen LogP contribution >= 0.6 is 28.3 Å². The molecule has 23 heavy (non-hydrogen) atoms. The zero-order chi connectivity index (χ0) is 15.5. The fraction of sp³-hybridized carbons (Fsp3) is 0.471. The third-order valence-electron chi connectivity index (χ3n) is 5.11. The minimum atomic E-state index is -0.208. The number of hydrogen-bond acceptors (Lipinski definition) is 4. The van der Waals surface area contributed by atoms with Crippen molar-refractivity contribution in [2.24, 2.45) is 0 Å². The van der Waals surface area contributed by atoms with E-state index in [9.17, 15) is 4.79 Å². The molecule has 3 aliphatic rings. The minimum absolute atomic E-state index is 0. The van der Waals surface area contributed by atoms with E-state index in [1.54, 1.807) is 13.2 Å². The van der Waals surface area contributed by atoms with Crippen LogP contribution in [0.25, 0.3) is 0 Å². The Balaban J connectivity index is 0.00000156. The molecule has 2 atom stereocenters. The fourth-order valence-corrected chi connectivity index (χ4v) is 4.50. The lowest BCUT2D eigenvalue weighted by Gasteiger charge is -2.33. The molecule has 124 valence electrons. The van der Waals surface area contributed by atoms with Crippen molar-refractivity contribution in [1.29, 1.82) is 0 Å². The molecule has 1 aliphatic carbocycles. The lowest BCUT2D eigenvalue weighted by atomic mass is 9.69. The van der Waals surface area contributed by atoms with Crippen LogP contribution in [0.4, 0.5) is 0 Å². The molecular formula is C17H19BrClNO3. The van der Waals surface area contributed by atoms with Gasteiger partial charge >= 0.3 is 0 Å². The largest absolute Gasteiger partial charge is 0.493 e. The molecule has 1 spiro atoms. The first kappa shape index (κ1) is 16.8. The number of rotatable bonds is 1. The monoisotopic (exact) mass is 399 g/mol. The van der Waals surface area contributed by atoms with E-state index in [2.05, 4.69) is 34.0 Å². The van der Waals surface area contributed by atoms with Crippen LogP contribution in [0.2, 0.25) is 0 Å². The molecule has 0 N–H and O–H groups in total. The van der Waals surface area contributed by atoms with E-state index in [0.717, 1.165) is 35.5 Å². The van der Waals surface area contributed by atoms with Crippen molar-refractivity contribution < 1.29 is 14.3 Å². The number of benzene rings is 1. The summed E-state index contributed by atoms with van der Waals surface area (Å²) in [6.07, 6.45) is 5.09. The Morgan fingerprint density at radius 1 is 1.48 bits per heavy atom. The van der Waals surface area contributed by atoms with Crippen molar-refractivity contribution in [3.8, 4) is 11.5 Å². The van der Waals surface area contributed by atoms with Crippen LogP contribution < -0.4 is 9.47 Å². The van der Waals surface area contributed by atoms with Gasteiger partial charge in [0.05, 0.1) is 12.5 Å². The topological polar surface area (TPSA) is 38.8 Å². The number of ketones is 1. The van der Waals surface area contributed by atoms with Crippen molar-refractivity contribution in [2.45, 2.75) is 30.9 Å². The molecule has 6 heteroatoms. The third-order valence-corrected chi connectivity index (χ3v) is 5.81. The van der Waals surface area contributed by atoms with Gasteiger partial charge in [-0.3, -0.25) is 4.79 Å². The van der Waals surface area contributed by atoms with E-state index in [-0.39, 0.29) is 29.7 Å². The fourth-order valence-electron chi connectivity index (χ4n) is 3.97. The second kappa shape index (κ2) is 5.80. The Labute approximate surface area is 150 Å². The normalized spacial score (nSPS) is 28.3. The number of carbonyl (C=O) groups is 1. The minimum Gasteiger partial charge on any atom is -0.493 e. The quantitative estimate of drug-likeness (QED) is 0.725. The summed E-state index contributed by atoms with van der Waals surface area (Å²) < 4.78 is 12.8. The molecule has 0 fully saturated rings. The van der Waals surface area contributed by atoms with Gasteiger partial charge in [-0.25, -0.2) is 0 Å². The highest BCUT2D eigenvalue weighted by Crippen LogP contribution is 2.56. The molecule has 2 heterocycles. The van der Waals surface area contributed by atoms with E-state index in [1.165, 1.54) is 11.1 Å². The second-order valence-electron chi connectivity index (χ2n) is 6.38. The summed E-state index contributed by atoms with van der Waals surface area (Å²) in [6.45, 7) is 1.84. The molecule has 0 amide bonds. The summed E-state index contributed by atoms with van der Waals surface area (Å²) in [5.41, 5.74) is 2.24. The maximum atomic E-state index is 11.9. The van der Waals surface area contributed by atoms with Gasteiger partial charge in [-0.2, -0.15) is 0 Å². The van der Waals surface area contributed by atoms with Crippen LogP contribution in [-0.2, 0) is 16.8 Å². The van der Waals surface area contributed by atoms with Gasteiger partial charge in [-0.15, -0.1) is 12.4 Å². The molecule has 1 aromatic rings. The van der Waals surface area contributed by atoms with Crippen molar-refractivity contribution in [3.05, 3.63) is 33.8 Å². The molecule has 4 nitrogen and oxygen atoms in total. The molecule has 2 aliphatic heterocycles. The number of ether oxygens (including phenoxy) is 2. The van der Waals surface area contributed by atoms with Crippen LogP contribution in [0.1, 0.15) is 24.0 Å². The Morgan fingerprint density at radius 3 is 3.00 bits per heavy atom. The van der Waals surface area contributed by atoms with Crippen LogP contribution in [0.5, 0.6) is 11.5 Å². The number of halogens is 2. The summed E-state index contributed by atoms with van der Waals surface area (Å²) in [6, 6.07) is 1.98. The molecule has 0 bridgehead atoms. The van der Waals surface area contributed by atoms with Crippen LogP contribution in [0, 0.1) is 0 Å². The van der Waals surface area contributed by atoms with Crippen LogP contribution in [0.3, 0.4) is 0 Å². The zero-order valence-corrected chi connectivity index (χ0v) is 15.5. The Hall–Kier alpha value is -1.04. The first-order valence-corrected chi connectivity index (χ1v) is 8.31. The summed E-state index contributed by atoms with van der Waals surface area (Å²) in [5.74, 6) is 1.70. The molecule has 1 aromatic carbocycles. The van der Waals surface area contributed by atoms with Gasteiger partial charge in [0.1, 0.15) is 6.10 Å². The highest BCUT2D eigenvalue weighted by molar-refractivity contribution is 9.10. The van der Waals surface area contributed by atoms with E-state index in [1.807, 2.05) is 6.07 Å². The number of carbonyl (C=O) groups excluding carboxylic acids is 1. The Kier molecular flexibility index (Phi) is 4.23. The molecule has 0 radical (unpaired) electrons. The van der Waals surface area contributed by atoms with Gasteiger partial charge in [0.15, 0.2) is 17.3 Å². The van der Waals surface area contributed by atoms with Gasteiger partial charge in [-0.05, 0) is 37.7 Å². The number of hydrogen-bond donors (Lipinski definition) is 0. The van der Waals surface area contributed by atoms with Gasteiger partial charge in [0.25, 0.3) is 0 Å². The number of allylic oxidation sites excluding steroid dienone is 1. The van der Waals surface area contributed by atoms with Gasteiger partial charge < -0.3 is 14.4 Å². The highest BCUT2D eigenvalue weighted by Gasteiger charge is 2.53. The Morgan fingerprint density at radius 2 is 2.26 bits per heavy atom. The van der Waals surface area contributed by atoms with Crippen LogP contribution in [0.15, 0.2) is 22.7 Å². The Bertz CT molecular complexity index is 706. The van der Waals surface area contributed by atoms with Crippen LogP contribution in [-0.4, -0.2) is 37.5 Å². The lowest BCUT2D eigenvalue weighted by molar-refractivity contribution is -0.117. The third kappa shape index (κ3) is 2.32. The predicted octanol–water partition coefficient (Wildman–Crippen LogP) is 3.24. The predicted molar refractivity (Wildman–Crippen MR) is 93.8 cm³/mol. The molecule has 0 aromatic heterocycles. The van der Waals surface area contributed by atoms with Crippen molar-refractivity contribution in [1.82, 2.24) is 4.90 Å².